The number of benzene rings is 5. The number of nitrogens with zero attached hydrogens (tertiary/aromatic N) is 6. The van der Waals surface area contributed by atoms with Crippen LogP contribution in [0.25, 0.3) is 95.6 Å². The van der Waals surface area contributed by atoms with E-state index in [0.29, 0.717) is 11.5 Å². The van der Waals surface area contributed by atoms with Gasteiger partial charge in [-0.25, -0.2) is 9.97 Å². The molecule has 0 aliphatic rings. The summed E-state index contributed by atoms with van der Waals surface area (Å²) in [4.78, 5) is 29.1. The van der Waals surface area contributed by atoms with E-state index in [1.165, 1.54) is 0 Å². The van der Waals surface area contributed by atoms with Gasteiger partial charge in [0.15, 0.2) is 5.82 Å². The lowest BCUT2D eigenvalue weighted by atomic mass is 9.91. The Bertz CT molecular complexity index is 2720. The molecule has 0 N–H and O–H groups in total. The smallest absolute Gasteiger partial charge is 0.160 e. The third kappa shape index (κ3) is 8.12. The van der Waals surface area contributed by atoms with Gasteiger partial charge in [0.05, 0.1) is 34.2 Å². The minimum atomic E-state index is 0.602. The molecule has 9 rings (SSSR count). The normalized spacial score (nSPS) is 11.2. The summed E-state index contributed by atoms with van der Waals surface area (Å²) < 4.78 is 0. The summed E-state index contributed by atoms with van der Waals surface area (Å²) in [7, 11) is 0. The minimum Gasteiger partial charge on any atom is -0.264 e. The van der Waals surface area contributed by atoms with Crippen molar-refractivity contribution >= 4 is 12.4 Å². The van der Waals surface area contributed by atoms with Gasteiger partial charge in [-0.15, -0.1) is 0 Å². The highest BCUT2D eigenvalue weighted by molar-refractivity contribution is 5.87. The van der Waals surface area contributed by atoms with Gasteiger partial charge in [-0.05, 0) is 132 Å². The van der Waals surface area contributed by atoms with Crippen LogP contribution in [0.1, 0.15) is 5.56 Å². The number of aromatic nitrogens is 5. The molecule has 6 heteroatoms. The largest absolute Gasteiger partial charge is 0.264 e. The average Bonchev–Trinajstić information content (AvgIpc) is 3.34. The molecule has 0 aliphatic carbocycles. The van der Waals surface area contributed by atoms with Gasteiger partial charge in [-0.2, -0.15) is 0 Å². The Hall–Kier alpha value is -8.22. The molecule has 5 aromatic carbocycles. The van der Waals surface area contributed by atoms with E-state index in [2.05, 4.69) is 103 Å². The van der Waals surface area contributed by atoms with Gasteiger partial charge in [-0.1, -0.05) is 91.5 Å². The van der Waals surface area contributed by atoms with Gasteiger partial charge in [0.1, 0.15) is 0 Å². The zero-order chi connectivity index (χ0) is 40.7. The van der Waals surface area contributed by atoms with Crippen molar-refractivity contribution in [3.8, 4) is 89.9 Å². The molecule has 0 unspecified atom stereocenters. The van der Waals surface area contributed by atoms with E-state index in [1.54, 1.807) is 6.08 Å². The second-order valence-electron chi connectivity index (χ2n) is 14.2. The van der Waals surface area contributed by atoms with Gasteiger partial charge in [0.25, 0.3) is 0 Å². The second-order valence-corrected chi connectivity index (χ2v) is 14.2. The van der Waals surface area contributed by atoms with Crippen LogP contribution in [0.5, 0.6) is 0 Å². The van der Waals surface area contributed by atoms with E-state index in [9.17, 15) is 0 Å². The van der Waals surface area contributed by atoms with Crippen molar-refractivity contribution in [2.45, 2.75) is 0 Å². The monoisotopic (exact) mass is 770 g/mol. The maximum atomic E-state index is 5.26. The molecule has 0 atom stereocenters. The van der Waals surface area contributed by atoms with Crippen molar-refractivity contribution in [3.63, 3.8) is 0 Å². The lowest BCUT2D eigenvalue weighted by Crippen LogP contribution is -1.97. The number of aliphatic imine (C=N–C) groups is 1. The quantitative estimate of drug-likeness (QED) is 0.0967. The summed E-state index contributed by atoms with van der Waals surface area (Å²) in [6.45, 7) is 7.83. The molecule has 9 aromatic rings. The van der Waals surface area contributed by atoms with Crippen LogP contribution in [0.2, 0.25) is 0 Å². The van der Waals surface area contributed by atoms with Crippen molar-refractivity contribution in [1.82, 2.24) is 24.9 Å². The lowest BCUT2D eigenvalue weighted by molar-refractivity contribution is 1.18. The van der Waals surface area contributed by atoms with Crippen LogP contribution in [0.4, 0.5) is 0 Å². The van der Waals surface area contributed by atoms with Gasteiger partial charge < -0.3 is 0 Å². The van der Waals surface area contributed by atoms with E-state index < -0.39 is 0 Å². The third-order valence-electron chi connectivity index (χ3n) is 10.2. The van der Waals surface area contributed by atoms with Crippen LogP contribution < -0.4 is 0 Å². The lowest BCUT2D eigenvalue weighted by Gasteiger charge is -2.16. The molecule has 0 fully saturated rings. The molecule has 4 aromatic heterocycles. The van der Waals surface area contributed by atoms with Crippen LogP contribution in [0, 0.1) is 0 Å². The standard InChI is InChI=1S/C54H38N6/c1-3-16-48(55-2)43-28-41(29-44(34-43)49-21-10-13-24-56-49)39-27-40(42-30-45(50-22-11-14-25-57-50)35-46(31-42)51-23-12-15-26-58-51)33-47(32-39)54-59-52(37-17-6-4-7-18-37)36-53(60-54)38-19-8-5-9-20-38/h3-36H,1-2H2/b48-16-. The Morgan fingerprint density at radius 2 is 0.767 bits per heavy atom. The Labute approximate surface area is 349 Å². The van der Waals surface area contributed by atoms with E-state index in [0.717, 1.165) is 89.7 Å². The molecule has 0 spiro atoms. The maximum Gasteiger partial charge on any atom is 0.160 e. The van der Waals surface area contributed by atoms with Crippen molar-refractivity contribution < 1.29 is 0 Å². The first-order chi connectivity index (χ1) is 29.6. The highest BCUT2D eigenvalue weighted by Crippen LogP contribution is 2.39. The predicted molar refractivity (Wildman–Crippen MR) is 247 cm³/mol. The van der Waals surface area contributed by atoms with Crippen LogP contribution in [-0.2, 0) is 0 Å². The third-order valence-corrected chi connectivity index (χ3v) is 10.2. The Kier molecular flexibility index (Phi) is 10.6. The maximum absolute atomic E-state index is 5.26. The molecule has 0 amide bonds. The van der Waals surface area contributed by atoms with Gasteiger partial charge in [0.2, 0.25) is 0 Å². The summed E-state index contributed by atoms with van der Waals surface area (Å²) in [5, 5.41) is 0. The van der Waals surface area contributed by atoms with Crippen molar-refractivity contribution in [3.05, 3.63) is 219 Å². The molecule has 284 valence electrons. The first-order valence-corrected chi connectivity index (χ1v) is 19.6. The molecular formula is C54H38N6. The first kappa shape index (κ1) is 37.4. The first-order valence-electron chi connectivity index (χ1n) is 19.6. The zero-order valence-electron chi connectivity index (χ0n) is 32.7. The van der Waals surface area contributed by atoms with Gasteiger partial charge in [-0.3, -0.25) is 19.9 Å². The van der Waals surface area contributed by atoms with Crippen LogP contribution in [-0.4, -0.2) is 31.6 Å². The van der Waals surface area contributed by atoms with E-state index in [-0.39, 0.29) is 0 Å². The highest BCUT2D eigenvalue weighted by Gasteiger charge is 2.17. The number of hydrogen-bond acceptors (Lipinski definition) is 6. The van der Waals surface area contributed by atoms with E-state index in [1.807, 2.05) is 116 Å². The molecule has 0 bridgehead atoms. The Balaban J connectivity index is 1.33. The predicted octanol–water partition coefficient (Wildman–Crippen LogP) is 13.2. The molecule has 60 heavy (non-hydrogen) atoms. The van der Waals surface area contributed by atoms with E-state index >= 15 is 0 Å². The zero-order valence-corrected chi connectivity index (χ0v) is 32.7. The van der Waals surface area contributed by atoms with Gasteiger partial charge in [0, 0.05) is 57.5 Å². The van der Waals surface area contributed by atoms with E-state index in [4.69, 9.17) is 24.9 Å². The number of rotatable bonds is 11. The van der Waals surface area contributed by atoms with Gasteiger partial charge >= 0.3 is 0 Å². The van der Waals surface area contributed by atoms with Crippen LogP contribution in [0.3, 0.4) is 0 Å². The molecule has 6 nitrogen and oxygen atoms in total. The molecule has 4 heterocycles. The summed E-state index contributed by atoms with van der Waals surface area (Å²) >= 11 is 0. The Morgan fingerprint density at radius 1 is 0.383 bits per heavy atom. The summed E-state index contributed by atoms with van der Waals surface area (Å²) in [5.74, 6) is 0.602. The SMILES string of the molecule is C=C/C=C(\N=C)c1cc(-c2cc(-c3cc(-c4ccccn4)cc(-c4ccccn4)c3)cc(-c3nc(-c4ccccc4)cc(-c4ccccc4)n3)c2)cc(-c2ccccn2)c1. The molecule has 0 saturated carbocycles. The number of allylic oxidation sites excluding steroid dienone is 2. The Morgan fingerprint density at radius 3 is 1.20 bits per heavy atom. The number of pyridine rings is 3. The summed E-state index contributed by atoms with van der Waals surface area (Å²) in [6, 6.07) is 59.9. The van der Waals surface area contributed by atoms with Crippen molar-refractivity contribution in [2.75, 3.05) is 0 Å². The fourth-order valence-corrected chi connectivity index (χ4v) is 7.31. The van der Waals surface area contributed by atoms with Crippen molar-refractivity contribution in [2.24, 2.45) is 4.99 Å². The fraction of sp³-hybridized carbons (Fsp3) is 0. The minimum absolute atomic E-state index is 0.602. The fourth-order valence-electron chi connectivity index (χ4n) is 7.31. The highest BCUT2D eigenvalue weighted by atomic mass is 14.9. The summed E-state index contributed by atoms with van der Waals surface area (Å²) in [5.41, 5.74) is 15.5. The molecule has 0 saturated heterocycles. The second kappa shape index (κ2) is 17.1. The van der Waals surface area contributed by atoms with Crippen LogP contribution >= 0.6 is 0 Å². The molecular weight excluding hydrogens is 733 g/mol. The van der Waals surface area contributed by atoms with Crippen LogP contribution in [0.15, 0.2) is 218 Å². The average molecular weight is 771 g/mol. The summed E-state index contributed by atoms with van der Waals surface area (Å²) in [6.07, 6.45) is 9.04. The number of hydrogen-bond donors (Lipinski definition) is 0. The topological polar surface area (TPSA) is 76.8 Å². The molecule has 0 radical (unpaired) electrons. The van der Waals surface area contributed by atoms with Crippen molar-refractivity contribution in [1.29, 1.82) is 0 Å². The molecule has 0 aliphatic heterocycles.